The molecule has 0 spiro atoms. The fourth-order valence-corrected chi connectivity index (χ4v) is 2.52. The lowest BCUT2D eigenvalue weighted by molar-refractivity contribution is 0.103. The number of aliphatic hydroxyl groups is 1. The molecule has 0 heterocycles. The van der Waals surface area contributed by atoms with Gasteiger partial charge in [0, 0.05) is 11.1 Å². The zero-order valence-electron chi connectivity index (χ0n) is 11.5. The number of carbonyl (C=O) groups is 1. The lowest BCUT2D eigenvalue weighted by Gasteiger charge is -2.10. The number of aliphatic hydroxyl groups excluding tert-OH is 1. The summed E-state index contributed by atoms with van der Waals surface area (Å²) in [5, 5.41) is 8.26. The molecule has 2 aromatic carbocycles. The summed E-state index contributed by atoms with van der Waals surface area (Å²) in [5.41, 5.74) is 2.71. The molecule has 2 rings (SSSR count). The molecule has 0 aliphatic rings. The monoisotopic (exact) mass is 304 g/mol. The van der Waals surface area contributed by atoms with Crippen LogP contribution in [0.4, 0.5) is 0 Å². The Balaban J connectivity index is 2.24. The fraction of sp³-hybridized carbons (Fsp3) is 0.188. The van der Waals surface area contributed by atoms with Gasteiger partial charge in [-0.25, -0.2) is 4.21 Å². The summed E-state index contributed by atoms with van der Waals surface area (Å²) in [4.78, 5) is 12.3. The standard InChI is InChI=1S/C16H16O4S/c1-11-2-4-13(5-3-11)16(18)14-8-6-12(7-9-14)15(10-17)21(19)20/h2-9,15,17H,10H2,1H3,(H,19,20). The third kappa shape index (κ3) is 3.64. The Morgan fingerprint density at radius 3 is 1.95 bits per heavy atom. The van der Waals surface area contributed by atoms with E-state index in [9.17, 15) is 9.00 Å². The van der Waals surface area contributed by atoms with Crippen LogP contribution in [0.2, 0.25) is 0 Å². The molecule has 0 aromatic heterocycles. The van der Waals surface area contributed by atoms with Crippen LogP contribution in [0.15, 0.2) is 48.5 Å². The van der Waals surface area contributed by atoms with Gasteiger partial charge >= 0.3 is 0 Å². The van der Waals surface area contributed by atoms with Gasteiger partial charge in [0.25, 0.3) is 0 Å². The molecule has 0 amide bonds. The van der Waals surface area contributed by atoms with E-state index in [0.29, 0.717) is 16.7 Å². The summed E-state index contributed by atoms with van der Waals surface area (Å²) in [7, 11) is 0. The van der Waals surface area contributed by atoms with E-state index in [1.165, 1.54) is 0 Å². The molecule has 0 bridgehead atoms. The number of aryl methyl sites for hydroxylation is 1. The van der Waals surface area contributed by atoms with Gasteiger partial charge in [0.2, 0.25) is 0 Å². The average Bonchev–Trinajstić information content (AvgIpc) is 2.48. The first kappa shape index (κ1) is 15.6. The van der Waals surface area contributed by atoms with Crippen LogP contribution >= 0.6 is 0 Å². The summed E-state index contributed by atoms with van der Waals surface area (Å²) in [6.07, 6.45) is 0. The van der Waals surface area contributed by atoms with Crippen molar-refractivity contribution in [3.05, 3.63) is 70.8 Å². The van der Waals surface area contributed by atoms with Crippen molar-refractivity contribution in [2.24, 2.45) is 0 Å². The Labute approximate surface area is 125 Å². The molecule has 0 radical (unpaired) electrons. The number of hydrogen-bond donors (Lipinski definition) is 2. The highest BCUT2D eigenvalue weighted by atomic mass is 32.2. The van der Waals surface area contributed by atoms with Gasteiger partial charge in [0.15, 0.2) is 16.9 Å². The molecule has 0 aliphatic carbocycles. The minimum atomic E-state index is -2.15. The molecule has 110 valence electrons. The highest BCUT2D eigenvalue weighted by molar-refractivity contribution is 7.79. The predicted molar refractivity (Wildman–Crippen MR) is 81.7 cm³/mol. The summed E-state index contributed by atoms with van der Waals surface area (Å²) in [6.45, 7) is 1.53. The molecule has 0 fully saturated rings. The van der Waals surface area contributed by atoms with Crippen molar-refractivity contribution >= 4 is 16.9 Å². The van der Waals surface area contributed by atoms with Gasteiger partial charge in [-0.2, -0.15) is 0 Å². The second kappa shape index (κ2) is 6.76. The maximum absolute atomic E-state index is 12.3. The van der Waals surface area contributed by atoms with Crippen LogP contribution in [0, 0.1) is 6.92 Å². The number of ketones is 1. The van der Waals surface area contributed by atoms with E-state index in [1.807, 2.05) is 19.1 Å². The molecule has 0 saturated heterocycles. The number of rotatable bonds is 5. The van der Waals surface area contributed by atoms with Crippen molar-refractivity contribution in [2.45, 2.75) is 12.2 Å². The van der Waals surface area contributed by atoms with Crippen molar-refractivity contribution in [3.8, 4) is 0 Å². The van der Waals surface area contributed by atoms with Crippen LogP contribution in [0.5, 0.6) is 0 Å². The van der Waals surface area contributed by atoms with Crippen LogP contribution < -0.4 is 0 Å². The van der Waals surface area contributed by atoms with Crippen LogP contribution in [-0.4, -0.2) is 26.3 Å². The zero-order chi connectivity index (χ0) is 15.4. The van der Waals surface area contributed by atoms with Crippen molar-refractivity contribution < 1.29 is 18.7 Å². The third-order valence-electron chi connectivity index (χ3n) is 3.27. The van der Waals surface area contributed by atoms with Crippen LogP contribution in [0.25, 0.3) is 0 Å². The SMILES string of the molecule is Cc1ccc(C(=O)c2ccc(C(CO)S(=O)O)cc2)cc1. The van der Waals surface area contributed by atoms with Crippen molar-refractivity contribution in [3.63, 3.8) is 0 Å². The number of carbonyl (C=O) groups excluding carboxylic acids is 1. The van der Waals surface area contributed by atoms with Gasteiger partial charge in [-0.05, 0) is 12.5 Å². The molecule has 2 atom stereocenters. The maximum atomic E-state index is 12.3. The van der Waals surface area contributed by atoms with Gasteiger partial charge < -0.3 is 9.66 Å². The van der Waals surface area contributed by atoms with Crippen molar-refractivity contribution in [1.82, 2.24) is 0 Å². The minimum Gasteiger partial charge on any atom is -0.395 e. The maximum Gasteiger partial charge on any atom is 0.193 e. The molecule has 2 unspecified atom stereocenters. The van der Waals surface area contributed by atoms with E-state index in [0.717, 1.165) is 5.56 Å². The predicted octanol–water partition coefficient (Wildman–Crippen LogP) is 2.48. The van der Waals surface area contributed by atoms with Gasteiger partial charge in [-0.1, -0.05) is 54.1 Å². The summed E-state index contributed by atoms with van der Waals surface area (Å²) < 4.78 is 20.2. The highest BCUT2D eigenvalue weighted by Gasteiger charge is 2.17. The molecule has 0 saturated carbocycles. The van der Waals surface area contributed by atoms with E-state index in [4.69, 9.17) is 9.66 Å². The first-order valence-electron chi connectivity index (χ1n) is 6.44. The van der Waals surface area contributed by atoms with Crippen molar-refractivity contribution in [1.29, 1.82) is 0 Å². The first-order chi connectivity index (χ1) is 10.0. The summed E-state index contributed by atoms with van der Waals surface area (Å²) in [5.74, 6) is -0.104. The molecule has 21 heavy (non-hydrogen) atoms. The molecule has 2 N–H and O–H groups in total. The van der Waals surface area contributed by atoms with Gasteiger partial charge in [0.1, 0.15) is 5.25 Å². The van der Waals surface area contributed by atoms with E-state index in [1.54, 1.807) is 36.4 Å². The topological polar surface area (TPSA) is 74.6 Å². The second-order valence-electron chi connectivity index (χ2n) is 4.76. The lowest BCUT2D eigenvalue weighted by Crippen LogP contribution is -2.10. The Morgan fingerprint density at radius 1 is 1.05 bits per heavy atom. The van der Waals surface area contributed by atoms with Crippen LogP contribution in [-0.2, 0) is 11.1 Å². The fourth-order valence-electron chi connectivity index (χ4n) is 2.01. The Kier molecular flexibility index (Phi) is 5.01. The Hall–Kier alpha value is -1.82. The number of benzene rings is 2. The van der Waals surface area contributed by atoms with Gasteiger partial charge in [-0.3, -0.25) is 4.79 Å². The average molecular weight is 304 g/mol. The molecule has 5 heteroatoms. The smallest absolute Gasteiger partial charge is 0.193 e. The van der Waals surface area contributed by atoms with Crippen LogP contribution in [0.1, 0.15) is 32.3 Å². The second-order valence-corrected chi connectivity index (χ2v) is 5.89. The molecular formula is C16H16O4S. The zero-order valence-corrected chi connectivity index (χ0v) is 12.3. The molecular weight excluding hydrogens is 288 g/mol. The normalized spacial score (nSPS) is 13.7. The van der Waals surface area contributed by atoms with E-state index >= 15 is 0 Å². The molecule has 2 aromatic rings. The lowest BCUT2D eigenvalue weighted by atomic mass is 10.0. The Bertz CT molecular complexity index is 647. The van der Waals surface area contributed by atoms with E-state index in [-0.39, 0.29) is 5.78 Å². The first-order valence-corrected chi connectivity index (χ1v) is 7.61. The number of hydrogen-bond acceptors (Lipinski definition) is 3. The van der Waals surface area contributed by atoms with E-state index in [2.05, 4.69) is 0 Å². The summed E-state index contributed by atoms with van der Waals surface area (Å²) >= 11 is -2.15. The summed E-state index contributed by atoms with van der Waals surface area (Å²) in [6, 6.07) is 13.7. The molecule has 4 nitrogen and oxygen atoms in total. The molecule has 0 aliphatic heterocycles. The quantitative estimate of drug-likeness (QED) is 0.657. The van der Waals surface area contributed by atoms with Gasteiger partial charge in [-0.15, -0.1) is 0 Å². The van der Waals surface area contributed by atoms with Crippen LogP contribution in [0.3, 0.4) is 0 Å². The van der Waals surface area contributed by atoms with Gasteiger partial charge in [0.05, 0.1) is 6.61 Å². The van der Waals surface area contributed by atoms with E-state index < -0.39 is 22.9 Å². The highest BCUT2D eigenvalue weighted by Crippen LogP contribution is 2.20. The third-order valence-corrected chi connectivity index (χ3v) is 4.18. The van der Waals surface area contributed by atoms with Crippen molar-refractivity contribution in [2.75, 3.05) is 6.61 Å². The largest absolute Gasteiger partial charge is 0.395 e. The Morgan fingerprint density at radius 2 is 1.52 bits per heavy atom. The minimum absolute atomic E-state index is 0.104.